The smallest absolute Gasteiger partial charge is 0.268 e. The molecule has 7 nitrogen and oxygen atoms in total. The second-order valence-electron chi connectivity index (χ2n) is 8.33. The second-order valence-corrected chi connectivity index (χ2v) is 9.39. The lowest BCUT2D eigenvalue weighted by molar-refractivity contribution is 0.0874. The molecule has 1 aliphatic carbocycles. The summed E-state index contributed by atoms with van der Waals surface area (Å²) in [6.07, 6.45) is 7.10. The van der Waals surface area contributed by atoms with E-state index in [1.807, 2.05) is 42.6 Å². The average Bonchev–Trinajstić information content (AvgIpc) is 3.52. The van der Waals surface area contributed by atoms with E-state index in [2.05, 4.69) is 26.4 Å². The number of imidazole rings is 1. The molecular formula is C22H22N6OS. The lowest BCUT2D eigenvalue weighted by atomic mass is 9.65. The first-order valence-electron chi connectivity index (χ1n) is 10.3. The van der Waals surface area contributed by atoms with E-state index in [1.165, 1.54) is 17.8 Å². The standard InChI is InChI=1S/C22H22N6OS/c29-20(18-6-7-19(30-18)27-11-3-9-24-27)26-21-25-16-4-1-2-5-17(16)28(21)15-12-22(13-15)8-10-23-14-22/h1-7,9,11,15,23H,8,10,12-14H2,(H,25,26,29). The first kappa shape index (κ1) is 17.9. The average molecular weight is 419 g/mol. The van der Waals surface area contributed by atoms with E-state index in [9.17, 15) is 4.79 Å². The molecule has 2 aliphatic rings. The normalized spacial score (nSPS) is 23.1. The largest absolute Gasteiger partial charge is 0.316 e. The van der Waals surface area contributed by atoms with Crippen LogP contribution in [0.1, 0.15) is 35.0 Å². The molecular weight excluding hydrogens is 396 g/mol. The number of nitrogens with one attached hydrogen (secondary N) is 2. The van der Waals surface area contributed by atoms with Crippen LogP contribution in [0.4, 0.5) is 5.95 Å². The van der Waals surface area contributed by atoms with E-state index >= 15 is 0 Å². The highest BCUT2D eigenvalue weighted by atomic mass is 32.1. The summed E-state index contributed by atoms with van der Waals surface area (Å²) in [6, 6.07) is 14.1. The summed E-state index contributed by atoms with van der Waals surface area (Å²) in [6.45, 7) is 2.21. The quantitative estimate of drug-likeness (QED) is 0.528. The van der Waals surface area contributed by atoms with Gasteiger partial charge in [0.05, 0.1) is 15.9 Å². The van der Waals surface area contributed by atoms with Gasteiger partial charge in [0.1, 0.15) is 5.00 Å². The van der Waals surface area contributed by atoms with Gasteiger partial charge < -0.3 is 9.88 Å². The number of nitrogens with zero attached hydrogens (tertiary/aromatic N) is 4. The molecule has 3 aromatic heterocycles. The van der Waals surface area contributed by atoms with Crippen LogP contribution in [0.2, 0.25) is 0 Å². The second kappa shape index (κ2) is 6.78. The van der Waals surface area contributed by atoms with Crippen molar-refractivity contribution in [2.75, 3.05) is 18.4 Å². The summed E-state index contributed by atoms with van der Waals surface area (Å²) in [4.78, 5) is 18.4. The van der Waals surface area contributed by atoms with Crippen molar-refractivity contribution in [2.45, 2.75) is 25.3 Å². The van der Waals surface area contributed by atoms with Crippen LogP contribution in [-0.2, 0) is 0 Å². The van der Waals surface area contributed by atoms with Gasteiger partial charge in [0.15, 0.2) is 0 Å². The highest BCUT2D eigenvalue weighted by Crippen LogP contribution is 2.53. The molecule has 0 unspecified atom stereocenters. The topological polar surface area (TPSA) is 76.8 Å². The molecule has 0 radical (unpaired) electrons. The summed E-state index contributed by atoms with van der Waals surface area (Å²) < 4.78 is 4.00. The number of anilines is 1. The Bertz CT molecular complexity index is 1210. The highest BCUT2D eigenvalue weighted by molar-refractivity contribution is 7.16. The zero-order valence-electron chi connectivity index (χ0n) is 16.4. The van der Waals surface area contributed by atoms with Crippen LogP contribution in [0.25, 0.3) is 16.0 Å². The number of fused-ring (bicyclic) bond motifs is 1. The zero-order chi connectivity index (χ0) is 20.1. The predicted octanol–water partition coefficient (Wildman–Crippen LogP) is 3.85. The van der Waals surface area contributed by atoms with Crippen molar-refractivity contribution < 1.29 is 4.79 Å². The van der Waals surface area contributed by atoms with Crippen LogP contribution in [0.3, 0.4) is 0 Å². The van der Waals surface area contributed by atoms with Gasteiger partial charge in [-0.25, -0.2) is 9.67 Å². The van der Waals surface area contributed by atoms with Crippen LogP contribution in [0, 0.1) is 5.41 Å². The van der Waals surface area contributed by atoms with Crippen molar-refractivity contribution in [3.63, 3.8) is 0 Å². The molecule has 2 N–H and O–H groups in total. The fourth-order valence-corrected chi connectivity index (χ4v) is 5.75. The molecule has 1 spiro atoms. The van der Waals surface area contributed by atoms with Crippen molar-refractivity contribution in [2.24, 2.45) is 5.41 Å². The number of benzene rings is 1. The summed E-state index contributed by atoms with van der Waals surface area (Å²) in [5, 5.41) is 11.7. The lowest BCUT2D eigenvalue weighted by Crippen LogP contribution is -2.40. The third-order valence-corrected chi connectivity index (χ3v) is 7.48. The number of aromatic nitrogens is 4. The molecule has 6 rings (SSSR count). The van der Waals surface area contributed by atoms with Crippen LogP contribution >= 0.6 is 11.3 Å². The number of thiophene rings is 1. The minimum Gasteiger partial charge on any atom is -0.316 e. The molecule has 4 aromatic rings. The van der Waals surface area contributed by atoms with Gasteiger partial charge in [0.25, 0.3) is 5.91 Å². The number of hydrogen-bond acceptors (Lipinski definition) is 5. The highest BCUT2D eigenvalue weighted by Gasteiger charge is 2.47. The first-order valence-corrected chi connectivity index (χ1v) is 11.1. The molecule has 1 aliphatic heterocycles. The Balaban J connectivity index is 1.30. The molecule has 8 heteroatoms. The van der Waals surface area contributed by atoms with Gasteiger partial charge in [0.2, 0.25) is 5.95 Å². The van der Waals surface area contributed by atoms with Crippen LogP contribution in [-0.4, -0.2) is 38.3 Å². The Labute approximate surface area is 177 Å². The number of hydrogen-bond donors (Lipinski definition) is 2. The maximum absolute atomic E-state index is 13.0. The zero-order valence-corrected chi connectivity index (χ0v) is 17.2. The van der Waals surface area contributed by atoms with Crippen molar-refractivity contribution in [3.05, 3.63) is 59.7 Å². The van der Waals surface area contributed by atoms with E-state index in [4.69, 9.17) is 4.98 Å². The first-order chi connectivity index (χ1) is 14.7. The van der Waals surface area contributed by atoms with E-state index in [0.29, 0.717) is 22.3 Å². The maximum Gasteiger partial charge on any atom is 0.268 e. The fraction of sp³-hybridized carbons (Fsp3) is 0.318. The molecule has 1 saturated heterocycles. The molecule has 4 heterocycles. The molecule has 0 atom stereocenters. The molecule has 152 valence electrons. The summed E-state index contributed by atoms with van der Waals surface area (Å²) in [5.41, 5.74) is 2.42. The van der Waals surface area contributed by atoms with Gasteiger partial charge in [-0.2, -0.15) is 5.10 Å². The third kappa shape index (κ3) is 2.86. The van der Waals surface area contributed by atoms with Gasteiger partial charge >= 0.3 is 0 Å². The van der Waals surface area contributed by atoms with Gasteiger partial charge in [0, 0.05) is 25.0 Å². The lowest BCUT2D eigenvalue weighted by Gasteiger charge is -2.46. The predicted molar refractivity (Wildman–Crippen MR) is 117 cm³/mol. The van der Waals surface area contributed by atoms with Crippen LogP contribution < -0.4 is 10.6 Å². The molecule has 1 amide bonds. The molecule has 30 heavy (non-hydrogen) atoms. The SMILES string of the molecule is O=C(Nc1nc2ccccc2n1C1CC2(CCNC2)C1)c1ccc(-n2cccn2)s1. The molecule has 1 aromatic carbocycles. The summed E-state index contributed by atoms with van der Waals surface area (Å²) in [5.74, 6) is 0.507. The van der Waals surface area contributed by atoms with Crippen molar-refractivity contribution in [1.82, 2.24) is 24.6 Å². The number of para-hydroxylation sites is 2. The van der Waals surface area contributed by atoms with E-state index in [1.54, 1.807) is 10.9 Å². The number of rotatable bonds is 4. The molecule has 0 bridgehead atoms. The Kier molecular flexibility index (Phi) is 4.04. The van der Waals surface area contributed by atoms with Crippen LogP contribution in [0.5, 0.6) is 0 Å². The number of amides is 1. The van der Waals surface area contributed by atoms with Gasteiger partial charge in [-0.1, -0.05) is 12.1 Å². The Morgan fingerprint density at radius 3 is 2.90 bits per heavy atom. The van der Waals surface area contributed by atoms with Gasteiger partial charge in [-0.15, -0.1) is 11.3 Å². The minimum absolute atomic E-state index is 0.133. The maximum atomic E-state index is 13.0. The Morgan fingerprint density at radius 1 is 1.20 bits per heavy atom. The summed E-state index contributed by atoms with van der Waals surface area (Å²) >= 11 is 1.42. The monoisotopic (exact) mass is 418 g/mol. The Morgan fingerprint density at radius 2 is 2.10 bits per heavy atom. The number of carbonyl (C=O) groups excluding carboxylic acids is 1. The van der Waals surface area contributed by atoms with Crippen molar-refractivity contribution in [1.29, 1.82) is 0 Å². The summed E-state index contributed by atoms with van der Waals surface area (Å²) in [7, 11) is 0. The Hall–Kier alpha value is -2.97. The molecule has 2 fully saturated rings. The molecule has 1 saturated carbocycles. The van der Waals surface area contributed by atoms with E-state index < -0.39 is 0 Å². The van der Waals surface area contributed by atoms with E-state index in [-0.39, 0.29) is 5.91 Å². The van der Waals surface area contributed by atoms with Crippen molar-refractivity contribution >= 4 is 34.2 Å². The van der Waals surface area contributed by atoms with E-state index in [0.717, 1.165) is 42.0 Å². The van der Waals surface area contributed by atoms with Crippen molar-refractivity contribution in [3.8, 4) is 5.00 Å². The third-order valence-electron chi connectivity index (χ3n) is 6.40. The minimum atomic E-state index is -0.133. The fourth-order valence-electron chi connectivity index (χ4n) is 4.90. The number of carbonyl (C=O) groups is 1. The van der Waals surface area contributed by atoms with Gasteiger partial charge in [-0.3, -0.25) is 10.1 Å². The van der Waals surface area contributed by atoms with Gasteiger partial charge in [-0.05, 0) is 61.6 Å². The van der Waals surface area contributed by atoms with Crippen LogP contribution in [0.15, 0.2) is 54.9 Å².